The lowest BCUT2D eigenvalue weighted by molar-refractivity contribution is -0.135. The number of rotatable bonds is 4. The van der Waals surface area contributed by atoms with Gasteiger partial charge in [-0.2, -0.15) is 0 Å². The van der Waals surface area contributed by atoms with Crippen LogP contribution in [0, 0.1) is 5.92 Å². The van der Waals surface area contributed by atoms with Gasteiger partial charge in [-0.1, -0.05) is 23.7 Å². The average molecular weight is 298 g/mol. The smallest absolute Gasteiger partial charge is 0.222 e. The molecule has 1 saturated heterocycles. The topological polar surface area (TPSA) is 60.8 Å². The lowest BCUT2D eigenvalue weighted by Crippen LogP contribution is -2.47. The SMILES string of the molecule is O=C(CCc1cccc(Cl)c1)N1CC[C@H](O)[C@H](CO)C1. The fourth-order valence-corrected chi connectivity index (χ4v) is 2.74. The van der Waals surface area contributed by atoms with Gasteiger partial charge in [0.15, 0.2) is 0 Å². The second kappa shape index (κ2) is 7.07. The summed E-state index contributed by atoms with van der Waals surface area (Å²) in [6.07, 6.45) is 1.11. The highest BCUT2D eigenvalue weighted by Crippen LogP contribution is 2.18. The van der Waals surface area contributed by atoms with Crippen molar-refractivity contribution >= 4 is 17.5 Å². The molecule has 110 valence electrons. The third kappa shape index (κ3) is 3.95. The highest BCUT2D eigenvalue weighted by molar-refractivity contribution is 6.30. The summed E-state index contributed by atoms with van der Waals surface area (Å²) in [4.78, 5) is 13.9. The zero-order valence-electron chi connectivity index (χ0n) is 11.3. The van der Waals surface area contributed by atoms with Crippen molar-refractivity contribution in [2.75, 3.05) is 19.7 Å². The van der Waals surface area contributed by atoms with Crippen LogP contribution < -0.4 is 0 Å². The van der Waals surface area contributed by atoms with E-state index in [0.717, 1.165) is 5.56 Å². The fourth-order valence-electron chi connectivity index (χ4n) is 2.53. The molecule has 5 heteroatoms. The van der Waals surface area contributed by atoms with Crippen LogP contribution in [0.2, 0.25) is 5.02 Å². The zero-order valence-corrected chi connectivity index (χ0v) is 12.1. The van der Waals surface area contributed by atoms with E-state index in [9.17, 15) is 15.0 Å². The third-order valence-electron chi connectivity index (χ3n) is 3.80. The Labute approximate surface area is 124 Å². The van der Waals surface area contributed by atoms with Gasteiger partial charge in [-0.3, -0.25) is 4.79 Å². The maximum Gasteiger partial charge on any atom is 0.222 e. The first-order valence-corrected chi connectivity index (χ1v) is 7.29. The van der Waals surface area contributed by atoms with Crippen molar-refractivity contribution in [3.8, 4) is 0 Å². The molecule has 0 saturated carbocycles. The largest absolute Gasteiger partial charge is 0.396 e. The van der Waals surface area contributed by atoms with E-state index < -0.39 is 6.10 Å². The molecule has 0 aliphatic carbocycles. The number of aliphatic hydroxyl groups excluding tert-OH is 2. The van der Waals surface area contributed by atoms with Crippen LogP contribution in [0.15, 0.2) is 24.3 Å². The van der Waals surface area contributed by atoms with Crippen molar-refractivity contribution in [2.24, 2.45) is 5.92 Å². The lowest BCUT2D eigenvalue weighted by atomic mass is 9.95. The van der Waals surface area contributed by atoms with Gasteiger partial charge in [0.2, 0.25) is 5.91 Å². The minimum absolute atomic E-state index is 0.0651. The number of carbonyl (C=O) groups excluding carboxylic acids is 1. The van der Waals surface area contributed by atoms with Crippen LogP contribution in [0.4, 0.5) is 0 Å². The number of benzene rings is 1. The van der Waals surface area contributed by atoms with E-state index in [-0.39, 0.29) is 18.4 Å². The molecule has 1 aliphatic rings. The fraction of sp³-hybridized carbons (Fsp3) is 0.533. The molecule has 1 fully saturated rings. The lowest BCUT2D eigenvalue weighted by Gasteiger charge is -2.35. The third-order valence-corrected chi connectivity index (χ3v) is 4.03. The molecule has 4 nitrogen and oxygen atoms in total. The first-order valence-electron chi connectivity index (χ1n) is 6.91. The summed E-state index contributed by atoms with van der Waals surface area (Å²) in [7, 11) is 0. The Kier molecular flexibility index (Phi) is 5.40. The van der Waals surface area contributed by atoms with Crippen LogP contribution >= 0.6 is 11.6 Å². The molecule has 2 N–H and O–H groups in total. The summed E-state index contributed by atoms with van der Waals surface area (Å²) in [5.74, 6) is -0.158. The van der Waals surface area contributed by atoms with Gasteiger partial charge in [0.1, 0.15) is 0 Å². The molecular weight excluding hydrogens is 278 g/mol. The first-order chi connectivity index (χ1) is 9.60. The monoisotopic (exact) mass is 297 g/mol. The number of likely N-dealkylation sites (tertiary alicyclic amines) is 1. The number of hydrogen-bond donors (Lipinski definition) is 2. The number of carbonyl (C=O) groups is 1. The maximum atomic E-state index is 12.2. The normalized spacial score (nSPS) is 22.9. The zero-order chi connectivity index (χ0) is 14.5. The second-order valence-electron chi connectivity index (χ2n) is 5.27. The number of halogens is 1. The molecule has 0 spiro atoms. The van der Waals surface area contributed by atoms with Gasteiger partial charge >= 0.3 is 0 Å². The Morgan fingerprint density at radius 1 is 1.45 bits per heavy atom. The predicted molar refractivity (Wildman–Crippen MR) is 77.6 cm³/mol. The molecule has 20 heavy (non-hydrogen) atoms. The van der Waals surface area contributed by atoms with Crippen molar-refractivity contribution in [1.82, 2.24) is 4.90 Å². The molecule has 1 amide bonds. The van der Waals surface area contributed by atoms with E-state index in [0.29, 0.717) is 37.4 Å². The molecule has 2 atom stereocenters. The van der Waals surface area contributed by atoms with Gasteiger partial charge in [0.25, 0.3) is 0 Å². The number of amides is 1. The summed E-state index contributed by atoms with van der Waals surface area (Å²) in [6.45, 7) is 0.914. The van der Waals surface area contributed by atoms with Crippen LogP contribution in [0.25, 0.3) is 0 Å². The van der Waals surface area contributed by atoms with Crippen molar-refractivity contribution in [3.63, 3.8) is 0 Å². The van der Waals surface area contributed by atoms with E-state index >= 15 is 0 Å². The van der Waals surface area contributed by atoms with E-state index in [4.69, 9.17) is 11.6 Å². The number of aryl methyl sites for hydroxylation is 1. The number of nitrogens with zero attached hydrogens (tertiary/aromatic N) is 1. The van der Waals surface area contributed by atoms with Crippen molar-refractivity contribution < 1.29 is 15.0 Å². The summed E-state index contributed by atoms with van der Waals surface area (Å²) in [5.41, 5.74) is 1.04. The van der Waals surface area contributed by atoms with Crippen LogP contribution in [0.1, 0.15) is 18.4 Å². The molecule has 1 aromatic rings. The van der Waals surface area contributed by atoms with Crippen LogP contribution in [0.5, 0.6) is 0 Å². The predicted octanol–water partition coefficient (Wildman–Crippen LogP) is 1.47. The van der Waals surface area contributed by atoms with Gasteiger partial charge in [-0.05, 0) is 30.5 Å². The molecule has 1 aliphatic heterocycles. The Balaban J connectivity index is 1.86. The Morgan fingerprint density at radius 3 is 2.95 bits per heavy atom. The highest BCUT2D eigenvalue weighted by atomic mass is 35.5. The number of hydrogen-bond acceptors (Lipinski definition) is 3. The Bertz CT molecular complexity index is 466. The van der Waals surface area contributed by atoms with Crippen molar-refractivity contribution in [3.05, 3.63) is 34.9 Å². The van der Waals surface area contributed by atoms with Crippen LogP contribution in [-0.2, 0) is 11.2 Å². The van der Waals surface area contributed by atoms with E-state index in [1.165, 1.54) is 0 Å². The molecule has 2 rings (SSSR count). The summed E-state index contributed by atoms with van der Waals surface area (Å²) >= 11 is 5.91. The van der Waals surface area contributed by atoms with Gasteiger partial charge in [0, 0.05) is 30.5 Å². The molecule has 0 radical (unpaired) electrons. The van der Waals surface area contributed by atoms with Crippen molar-refractivity contribution in [1.29, 1.82) is 0 Å². The molecule has 1 heterocycles. The highest BCUT2D eigenvalue weighted by Gasteiger charge is 2.29. The standard InChI is InChI=1S/C15H20ClNO3/c16-13-3-1-2-11(8-13)4-5-15(20)17-7-6-14(19)12(9-17)10-18/h1-3,8,12,14,18-19H,4-7,9-10H2/t12-,14-/m0/s1. The van der Waals surface area contributed by atoms with Crippen LogP contribution in [0.3, 0.4) is 0 Å². The maximum absolute atomic E-state index is 12.2. The average Bonchev–Trinajstić information content (AvgIpc) is 2.45. The van der Waals surface area contributed by atoms with E-state index in [1.807, 2.05) is 24.3 Å². The van der Waals surface area contributed by atoms with Crippen LogP contribution in [-0.4, -0.2) is 46.8 Å². The Hall–Kier alpha value is -1.10. The summed E-state index contributed by atoms with van der Waals surface area (Å²) < 4.78 is 0. The number of piperidine rings is 1. The van der Waals surface area contributed by atoms with E-state index in [1.54, 1.807) is 4.90 Å². The van der Waals surface area contributed by atoms with Gasteiger partial charge in [-0.25, -0.2) is 0 Å². The number of aliphatic hydroxyl groups is 2. The van der Waals surface area contributed by atoms with Gasteiger partial charge < -0.3 is 15.1 Å². The molecule has 1 aromatic carbocycles. The summed E-state index contributed by atoms with van der Waals surface area (Å²) in [5, 5.41) is 19.6. The first kappa shape index (κ1) is 15.3. The van der Waals surface area contributed by atoms with Gasteiger partial charge in [0.05, 0.1) is 12.7 Å². The molecule has 0 aromatic heterocycles. The summed E-state index contributed by atoms with van der Waals surface area (Å²) in [6, 6.07) is 7.51. The molecular formula is C15H20ClNO3. The quantitative estimate of drug-likeness (QED) is 0.885. The van der Waals surface area contributed by atoms with Crippen molar-refractivity contribution in [2.45, 2.75) is 25.4 Å². The minimum Gasteiger partial charge on any atom is -0.396 e. The van der Waals surface area contributed by atoms with E-state index in [2.05, 4.69) is 0 Å². The Morgan fingerprint density at radius 2 is 2.25 bits per heavy atom. The van der Waals surface area contributed by atoms with Gasteiger partial charge in [-0.15, -0.1) is 0 Å². The molecule has 0 bridgehead atoms. The second-order valence-corrected chi connectivity index (χ2v) is 5.70. The minimum atomic E-state index is -0.503. The molecule has 0 unspecified atom stereocenters.